The zero-order chi connectivity index (χ0) is 3.58. The monoisotopic (exact) mass is 147 g/mol. The largest absolute Gasteiger partial charge is 0.668 e. The van der Waals surface area contributed by atoms with Crippen molar-refractivity contribution in [2.24, 2.45) is 0 Å². The van der Waals surface area contributed by atoms with E-state index in [1.807, 2.05) is 0 Å². The molecule has 0 heterocycles. The molecule has 0 aromatic rings. The van der Waals surface area contributed by atoms with Crippen LogP contribution in [0.4, 0.5) is 0 Å². The minimum atomic E-state index is -0.583. The van der Waals surface area contributed by atoms with Crippen LogP contribution in [0.15, 0.2) is 0 Å². The Morgan fingerprint density at radius 2 is 1.80 bits per heavy atom. The molecule has 3 heteroatoms. The molecule has 1 amide bonds. The summed E-state index contributed by atoms with van der Waals surface area (Å²) in [5.41, 5.74) is 5.94. The van der Waals surface area contributed by atoms with Crippen LogP contribution >= 0.6 is 0 Å². The fourth-order valence-corrected chi connectivity index (χ4v) is 0. The fourth-order valence-electron chi connectivity index (χ4n) is 0. The molecule has 0 unspecified atom stereocenters. The summed E-state index contributed by atoms with van der Waals surface area (Å²) in [6, 6.07) is 0. The van der Waals surface area contributed by atoms with Gasteiger partial charge in [0.25, 0.3) is 0 Å². The van der Waals surface area contributed by atoms with Gasteiger partial charge in [-0.3, -0.25) is 0 Å². The molecular weight excluding hydrogens is 143 g/mol. The van der Waals surface area contributed by atoms with Crippen molar-refractivity contribution in [1.82, 2.24) is 0 Å². The van der Waals surface area contributed by atoms with Gasteiger partial charge in [0.15, 0.2) is 0 Å². The van der Waals surface area contributed by atoms with Crippen LogP contribution in [0.1, 0.15) is 6.92 Å². The van der Waals surface area contributed by atoms with Crippen molar-refractivity contribution in [2.45, 2.75) is 6.92 Å². The van der Waals surface area contributed by atoms with Crippen LogP contribution in [0.2, 0.25) is 0 Å². The van der Waals surface area contributed by atoms with Crippen LogP contribution in [-0.4, -0.2) is 5.91 Å². The Hall–Kier alpha value is 0.574. The second-order valence-corrected chi connectivity index (χ2v) is 0.556. The molecule has 0 fully saturated rings. The van der Waals surface area contributed by atoms with Gasteiger partial charge in [0.2, 0.25) is 0 Å². The molecule has 27 valence electrons. The van der Waals surface area contributed by atoms with E-state index in [-0.39, 0.29) is 32.7 Å². The van der Waals surface area contributed by atoms with Crippen LogP contribution in [0.5, 0.6) is 0 Å². The molecule has 0 atom stereocenters. The summed E-state index contributed by atoms with van der Waals surface area (Å²) in [6.07, 6.45) is 0. The fraction of sp³-hybridized carbons (Fsp3) is 0.500. The minimum Gasteiger partial charge on any atom is -0.668 e. The quantitative estimate of drug-likeness (QED) is 0.494. The Kier molecular flexibility index (Phi) is 8.35. The zero-order valence-corrected chi connectivity index (χ0v) is 5.82. The number of hydrogen-bond acceptors (Lipinski definition) is 1. The Morgan fingerprint density at radius 1 is 1.80 bits per heavy atom. The maximum Gasteiger partial charge on any atom is 0.0456 e. The average molecular weight is 147 g/mol. The van der Waals surface area contributed by atoms with E-state index in [0.717, 1.165) is 0 Å². The Balaban J connectivity index is 0. The molecule has 0 saturated heterocycles. The third-order valence-electron chi connectivity index (χ3n) is 0. The molecule has 0 aliphatic carbocycles. The summed E-state index contributed by atoms with van der Waals surface area (Å²) in [6.45, 7) is 1.19. The Morgan fingerprint density at radius 3 is 1.80 bits per heavy atom. The number of carbonyl (C=O) groups is 1. The molecule has 1 radical (unpaired) electrons. The minimum absolute atomic E-state index is 0. The predicted molar refractivity (Wildman–Crippen MR) is 15.0 cm³/mol. The first-order valence-electron chi connectivity index (χ1n) is 0.954. The summed E-state index contributed by atoms with van der Waals surface area (Å²) >= 11 is 0. The summed E-state index contributed by atoms with van der Waals surface area (Å²) in [5, 5.41) is 0. The van der Waals surface area contributed by atoms with E-state index in [0.29, 0.717) is 0 Å². The second-order valence-electron chi connectivity index (χ2n) is 0.556. The molecule has 0 rings (SSSR count). The first kappa shape index (κ1) is 9.13. The van der Waals surface area contributed by atoms with E-state index in [2.05, 4.69) is 0 Å². The maximum absolute atomic E-state index is 9.11. The van der Waals surface area contributed by atoms with Gasteiger partial charge in [-0.1, -0.05) is 0 Å². The molecule has 0 aromatic carbocycles. The summed E-state index contributed by atoms with van der Waals surface area (Å²) < 4.78 is 0. The Bertz CT molecular complexity index is 32.6. The number of hydrogen-bond donors (Lipinski definition) is 0. The Labute approximate surface area is 56.0 Å². The number of carbonyl (C=O) groups excluding carboxylic acids is 1. The van der Waals surface area contributed by atoms with E-state index in [1.54, 1.807) is 0 Å². The van der Waals surface area contributed by atoms with E-state index < -0.39 is 5.91 Å². The van der Waals surface area contributed by atoms with Gasteiger partial charge in [0.05, 0.1) is 0 Å². The van der Waals surface area contributed by atoms with Gasteiger partial charge >= 0.3 is 0 Å². The van der Waals surface area contributed by atoms with Crippen molar-refractivity contribution in [3.05, 3.63) is 5.73 Å². The van der Waals surface area contributed by atoms with Crippen LogP contribution in [0.3, 0.4) is 0 Å². The summed E-state index contributed by atoms with van der Waals surface area (Å²) in [7, 11) is 0. The van der Waals surface area contributed by atoms with Crippen molar-refractivity contribution in [3.63, 3.8) is 0 Å². The van der Waals surface area contributed by atoms with Crippen molar-refractivity contribution in [3.8, 4) is 0 Å². The van der Waals surface area contributed by atoms with Crippen LogP contribution in [0, 0.1) is 0 Å². The zero-order valence-electron chi connectivity index (χ0n) is 2.99. The standard InChI is InChI=1S/C2H5NO.Y/c1-2(3)4;/h1H3,(H2,3,4);/p-1. The van der Waals surface area contributed by atoms with Crippen molar-refractivity contribution in [2.75, 3.05) is 0 Å². The average Bonchev–Trinajstić information content (AvgIpc) is 0.811. The molecule has 0 saturated carbocycles. The molecule has 0 aliphatic heterocycles. The predicted octanol–water partition coefficient (Wildman–Crippen LogP) is 0.583. The first-order chi connectivity index (χ1) is 1.73. The van der Waals surface area contributed by atoms with Gasteiger partial charge in [0, 0.05) is 38.6 Å². The molecule has 0 spiro atoms. The summed E-state index contributed by atoms with van der Waals surface area (Å²) in [5.74, 6) is -0.583. The van der Waals surface area contributed by atoms with E-state index >= 15 is 0 Å². The molecule has 5 heavy (non-hydrogen) atoms. The van der Waals surface area contributed by atoms with Gasteiger partial charge in [-0.15, -0.1) is 0 Å². The smallest absolute Gasteiger partial charge is 0.0456 e. The molecule has 1 N–H and O–H groups in total. The molecule has 0 bridgehead atoms. The van der Waals surface area contributed by atoms with E-state index in [1.165, 1.54) is 6.92 Å². The van der Waals surface area contributed by atoms with Gasteiger partial charge in [-0.2, -0.15) is 0 Å². The maximum atomic E-state index is 9.11. The summed E-state index contributed by atoms with van der Waals surface area (Å²) in [4.78, 5) is 9.11. The first-order valence-corrected chi connectivity index (χ1v) is 0.954. The third kappa shape index (κ3) is 92.0. The van der Waals surface area contributed by atoms with Gasteiger partial charge < -0.3 is 10.5 Å². The van der Waals surface area contributed by atoms with Crippen molar-refractivity contribution >= 4 is 5.91 Å². The molecule has 0 aromatic heterocycles. The molecule has 0 aliphatic rings. The van der Waals surface area contributed by atoms with Gasteiger partial charge in [0.1, 0.15) is 0 Å². The van der Waals surface area contributed by atoms with E-state index in [4.69, 9.17) is 10.5 Å². The topological polar surface area (TPSA) is 40.9 Å². The van der Waals surface area contributed by atoms with Crippen LogP contribution in [-0.2, 0) is 37.5 Å². The van der Waals surface area contributed by atoms with Crippen LogP contribution < -0.4 is 0 Å². The number of amides is 1. The van der Waals surface area contributed by atoms with E-state index in [9.17, 15) is 0 Å². The van der Waals surface area contributed by atoms with Crippen molar-refractivity contribution < 1.29 is 37.5 Å². The van der Waals surface area contributed by atoms with Gasteiger partial charge in [-0.05, 0) is 6.92 Å². The third-order valence-corrected chi connectivity index (χ3v) is 0. The van der Waals surface area contributed by atoms with Crippen LogP contribution in [0.25, 0.3) is 5.73 Å². The van der Waals surface area contributed by atoms with Gasteiger partial charge in [-0.25, -0.2) is 0 Å². The second kappa shape index (κ2) is 4.57. The van der Waals surface area contributed by atoms with Crippen molar-refractivity contribution in [1.29, 1.82) is 0 Å². The molecule has 2 nitrogen and oxygen atoms in total. The molecular formula is C2H4NOY-. The number of rotatable bonds is 0. The number of nitrogens with one attached hydrogen (secondary N) is 1. The normalized spacial score (nSPS) is 5.00. The SMILES string of the molecule is CC([NH-])=O.[Y].